The van der Waals surface area contributed by atoms with Gasteiger partial charge in [-0.1, -0.05) is 6.07 Å². The highest BCUT2D eigenvalue weighted by atomic mass is 32.1. The van der Waals surface area contributed by atoms with Crippen molar-refractivity contribution in [3.63, 3.8) is 0 Å². The Morgan fingerprint density at radius 1 is 1.15 bits per heavy atom. The molecule has 0 radical (unpaired) electrons. The lowest BCUT2D eigenvalue weighted by atomic mass is 10.2. The van der Waals surface area contributed by atoms with Crippen LogP contribution in [0, 0.1) is 0 Å². The number of carboxylic acid groups (broad SMARTS) is 1. The molecule has 1 fully saturated rings. The van der Waals surface area contributed by atoms with Crippen molar-refractivity contribution < 1.29 is 24.2 Å². The van der Waals surface area contributed by atoms with Gasteiger partial charge < -0.3 is 14.6 Å². The molecule has 0 saturated carbocycles. The van der Waals surface area contributed by atoms with Crippen LogP contribution >= 0.6 is 22.7 Å². The first-order valence-electron chi connectivity index (χ1n) is 11.2. The Morgan fingerprint density at radius 3 is 2.65 bits per heavy atom. The fourth-order valence-electron chi connectivity index (χ4n) is 3.59. The first-order valence-corrected chi connectivity index (χ1v) is 12.9. The van der Waals surface area contributed by atoms with Gasteiger partial charge >= 0.3 is 5.97 Å². The number of carbonyl (C=O) groups is 2. The van der Waals surface area contributed by atoms with Gasteiger partial charge in [-0.05, 0) is 42.1 Å². The number of hydrogen-bond donors (Lipinski definition) is 1. The molecule has 0 spiro atoms. The summed E-state index contributed by atoms with van der Waals surface area (Å²) in [5.74, 6) is -0.309. The van der Waals surface area contributed by atoms with E-state index in [4.69, 9.17) is 19.6 Å². The third kappa shape index (κ3) is 6.63. The Hall–Kier alpha value is -2.79. The largest absolute Gasteiger partial charge is 0.493 e. The number of aromatic nitrogens is 1. The van der Waals surface area contributed by atoms with Crippen molar-refractivity contribution in [2.24, 2.45) is 0 Å². The number of amides is 1. The number of morpholine rings is 1. The van der Waals surface area contributed by atoms with Crippen molar-refractivity contribution in [1.29, 1.82) is 0 Å². The summed E-state index contributed by atoms with van der Waals surface area (Å²) < 4.78 is 10.9. The van der Waals surface area contributed by atoms with E-state index in [1.807, 2.05) is 35.0 Å². The van der Waals surface area contributed by atoms with Crippen LogP contribution in [0.25, 0.3) is 11.3 Å². The molecule has 1 aliphatic rings. The number of rotatable bonds is 11. The van der Waals surface area contributed by atoms with E-state index in [9.17, 15) is 9.59 Å². The SMILES string of the molecule is O=C(O)CCOc1ccc(-c2csc(N(CCCN3CCOCC3)C(=O)c3cccs3)n2)cc1. The van der Waals surface area contributed by atoms with E-state index in [0.29, 0.717) is 22.3 Å². The summed E-state index contributed by atoms with van der Waals surface area (Å²) in [6.07, 6.45) is 0.811. The molecule has 34 heavy (non-hydrogen) atoms. The standard InChI is InChI=1S/C24H27N3O5S2/c28-22(29)8-13-32-19-6-4-18(5-7-19)20-17-34-24(25-20)27(23(30)21-3-1-16-33-21)10-2-9-26-11-14-31-15-12-26/h1,3-7,16-17H,2,8-15H2,(H,28,29). The van der Waals surface area contributed by atoms with Crippen LogP contribution in [-0.4, -0.2) is 72.9 Å². The van der Waals surface area contributed by atoms with Crippen LogP contribution in [0.1, 0.15) is 22.5 Å². The maximum Gasteiger partial charge on any atom is 0.306 e. The lowest BCUT2D eigenvalue weighted by Crippen LogP contribution is -2.39. The molecule has 1 aromatic carbocycles. The summed E-state index contributed by atoms with van der Waals surface area (Å²) in [4.78, 5) is 33.5. The van der Waals surface area contributed by atoms with E-state index in [0.717, 1.165) is 50.5 Å². The van der Waals surface area contributed by atoms with Gasteiger partial charge in [-0.25, -0.2) is 4.98 Å². The zero-order chi connectivity index (χ0) is 23.8. The van der Waals surface area contributed by atoms with Gasteiger partial charge in [0.05, 0.1) is 36.8 Å². The smallest absolute Gasteiger partial charge is 0.306 e. The minimum atomic E-state index is -0.891. The summed E-state index contributed by atoms with van der Waals surface area (Å²) in [5, 5.41) is 13.3. The van der Waals surface area contributed by atoms with E-state index in [1.54, 1.807) is 17.0 Å². The van der Waals surface area contributed by atoms with Gasteiger partial charge in [0, 0.05) is 37.1 Å². The second kappa shape index (κ2) is 12.1. The first-order chi connectivity index (χ1) is 16.6. The van der Waals surface area contributed by atoms with Crippen molar-refractivity contribution in [1.82, 2.24) is 9.88 Å². The van der Waals surface area contributed by atoms with Crippen LogP contribution < -0.4 is 9.64 Å². The third-order valence-corrected chi connectivity index (χ3v) is 7.12. The fourth-order valence-corrected chi connectivity index (χ4v) is 5.12. The Kier molecular flexibility index (Phi) is 8.64. The zero-order valence-electron chi connectivity index (χ0n) is 18.7. The molecule has 0 bridgehead atoms. The number of benzene rings is 1. The summed E-state index contributed by atoms with van der Waals surface area (Å²) in [5.41, 5.74) is 1.69. The molecule has 0 aliphatic carbocycles. The minimum Gasteiger partial charge on any atom is -0.493 e. The predicted octanol–water partition coefficient (Wildman–Crippen LogP) is 4.09. The number of aliphatic carboxylic acids is 1. The Labute approximate surface area is 206 Å². The average molecular weight is 502 g/mol. The van der Waals surface area contributed by atoms with Crippen molar-refractivity contribution in [3.05, 3.63) is 52.0 Å². The maximum absolute atomic E-state index is 13.2. The molecule has 3 aromatic rings. The number of thiazole rings is 1. The number of carboxylic acids is 1. The van der Waals surface area contributed by atoms with Gasteiger partial charge in [0.1, 0.15) is 5.75 Å². The van der Waals surface area contributed by atoms with Gasteiger partial charge in [0.15, 0.2) is 5.13 Å². The third-order valence-electron chi connectivity index (χ3n) is 5.39. The molecule has 3 heterocycles. The lowest BCUT2D eigenvalue weighted by molar-refractivity contribution is -0.137. The van der Waals surface area contributed by atoms with Crippen molar-refractivity contribution in [2.75, 3.05) is 50.9 Å². The van der Waals surface area contributed by atoms with Gasteiger partial charge in [0.2, 0.25) is 0 Å². The molecule has 4 rings (SSSR count). The molecule has 1 saturated heterocycles. The van der Waals surface area contributed by atoms with Gasteiger partial charge in [-0.3, -0.25) is 19.4 Å². The molecule has 10 heteroatoms. The molecule has 1 N–H and O–H groups in total. The van der Waals surface area contributed by atoms with Crippen LogP contribution in [0.4, 0.5) is 5.13 Å². The first kappa shape index (κ1) is 24.3. The molecular formula is C24H27N3O5S2. The van der Waals surface area contributed by atoms with Crippen LogP contribution in [0.3, 0.4) is 0 Å². The summed E-state index contributed by atoms with van der Waals surface area (Å²) in [6.45, 7) is 5.01. The number of hydrogen-bond acceptors (Lipinski definition) is 8. The van der Waals surface area contributed by atoms with Gasteiger partial charge in [0.25, 0.3) is 5.91 Å². The van der Waals surface area contributed by atoms with E-state index < -0.39 is 5.97 Å². The quantitative estimate of drug-likeness (QED) is 0.423. The van der Waals surface area contributed by atoms with E-state index in [2.05, 4.69) is 4.90 Å². The van der Waals surface area contributed by atoms with E-state index in [-0.39, 0.29) is 18.9 Å². The highest BCUT2D eigenvalue weighted by Gasteiger charge is 2.22. The fraction of sp³-hybridized carbons (Fsp3) is 0.375. The second-order valence-electron chi connectivity index (χ2n) is 7.77. The molecule has 180 valence electrons. The van der Waals surface area contributed by atoms with E-state index in [1.165, 1.54) is 22.7 Å². The van der Waals surface area contributed by atoms with Crippen LogP contribution in [0.15, 0.2) is 47.2 Å². The highest BCUT2D eigenvalue weighted by Crippen LogP contribution is 2.30. The molecule has 0 unspecified atom stereocenters. The number of ether oxygens (including phenoxy) is 2. The highest BCUT2D eigenvalue weighted by molar-refractivity contribution is 7.14. The summed E-state index contributed by atoms with van der Waals surface area (Å²) in [6, 6.07) is 11.1. The van der Waals surface area contributed by atoms with Crippen molar-refractivity contribution in [3.8, 4) is 17.0 Å². The average Bonchev–Trinajstić information content (AvgIpc) is 3.55. The predicted molar refractivity (Wildman–Crippen MR) is 133 cm³/mol. The molecule has 8 nitrogen and oxygen atoms in total. The normalized spacial score (nSPS) is 14.1. The minimum absolute atomic E-state index is 0.0277. The Balaban J connectivity index is 1.43. The number of carbonyl (C=O) groups excluding carboxylic acids is 1. The number of thiophene rings is 1. The topological polar surface area (TPSA) is 92.2 Å². The van der Waals surface area contributed by atoms with Crippen LogP contribution in [0.5, 0.6) is 5.75 Å². The molecule has 1 aliphatic heterocycles. The van der Waals surface area contributed by atoms with Crippen LogP contribution in [-0.2, 0) is 9.53 Å². The molecule has 2 aromatic heterocycles. The molecule has 0 atom stereocenters. The lowest BCUT2D eigenvalue weighted by Gasteiger charge is -2.27. The molecular weight excluding hydrogens is 474 g/mol. The van der Waals surface area contributed by atoms with Crippen molar-refractivity contribution in [2.45, 2.75) is 12.8 Å². The van der Waals surface area contributed by atoms with Gasteiger partial charge in [-0.15, -0.1) is 22.7 Å². The summed E-state index contributed by atoms with van der Waals surface area (Å²) >= 11 is 2.89. The second-order valence-corrected chi connectivity index (χ2v) is 9.56. The Bertz CT molecular complexity index is 1060. The maximum atomic E-state index is 13.2. The van der Waals surface area contributed by atoms with Crippen LogP contribution in [0.2, 0.25) is 0 Å². The molecule has 1 amide bonds. The Morgan fingerprint density at radius 2 is 1.94 bits per heavy atom. The monoisotopic (exact) mass is 501 g/mol. The zero-order valence-corrected chi connectivity index (χ0v) is 20.4. The van der Waals surface area contributed by atoms with Crippen molar-refractivity contribution >= 4 is 39.7 Å². The number of nitrogens with zero attached hydrogens (tertiary/aromatic N) is 3. The van der Waals surface area contributed by atoms with Gasteiger partial charge in [-0.2, -0.15) is 0 Å². The number of anilines is 1. The summed E-state index contributed by atoms with van der Waals surface area (Å²) in [7, 11) is 0. The van der Waals surface area contributed by atoms with E-state index >= 15 is 0 Å².